The smallest absolute Gasteiger partial charge is 0.254 e. The molecule has 0 saturated carbocycles. The minimum atomic E-state index is -0.555. The summed E-state index contributed by atoms with van der Waals surface area (Å²) in [6.07, 6.45) is -0.711. The zero-order chi connectivity index (χ0) is 26.0. The van der Waals surface area contributed by atoms with Crippen LogP contribution in [0.5, 0.6) is 17.2 Å². The Morgan fingerprint density at radius 2 is 1.74 bits per heavy atom. The zero-order valence-corrected chi connectivity index (χ0v) is 22.4. The van der Waals surface area contributed by atoms with E-state index >= 15 is 0 Å². The molecule has 9 heteroatoms. The van der Waals surface area contributed by atoms with Gasteiger partial charge in [-0.25, -0.2) is 0 Å². The maximum Gasteiger partial charge on any atom is 0.254 e. The Labute approximate surface area is 210 Å². The first-order valence-electron chi connectivity index (χ1n) is 12.4. The number of methoxy groups -OCH3 is 3. The van der Waals surface area contributed by atoms with E-state index in [0.717, 1.165) is 6.54 Å². The lowest BCUT2D eigenvalue weighted by atomic mass is 10.1. The average Bonchev–Trinajstić information content (AvgIpc) is 2.81. The van der Waals surface area contributed by atoms with E-state index in [2.05, 4.69) is 32.6 Å². The van der Waals surface area contributed by atoms with Gasteiger partial charge in [0.1, 0.15) is 0 Å². The van der Waals surface area contributed by atoms with Gasteiger partial charge in [-0.3, -0.25) is 9.69 Å². The average molecular weight is 497 g/mol. The lowest BCUT2D eigenvalue weighted by molar-refractivity contribution is -0.0602. The highest BCUT2D eigenvalue weighted by molar-refractivity contribution is 5.95. The maximum absolute atomic E-state index is 13.6. The standard InChI is InChI=1S/C26H44N2O7/c1-18(2)12-28(26(30)20-10-23(31-5)25(33-7)24(11-20)32-6)15-22-14-27(8-9-35-22)13-21(29)17-34-16-19(3)4/h10-11,18-19,21-22,29H,8-9,12-17H2,1-7H3/t21-,22-/m0/s1. The predicted octanol–water partition coefficient (Wildman–Crippen LogP) is 2.54. The molecule has 1 heterocycles. The fourth-order valence-corrected chi connectivity index (χ4v) is 4.16. The highest BCUT2D eigenvalue weighted by atomic mass is 16.5. The largest absolute Gasteiger partial charge is 0.493 e. The number of aliphatic hydroxyl groups excluding tert-OH is 1. The van der Waals surface area contributed by atoms with Crippen LogP contribution in [-0.2, 0) is 9.47 Å². The molecule has 1 saturated heterocycles. The lowest BCUT2D eigenvalue weighted by Crippen LogP contribution is -2.51. The number of carbonyl (C=O) groups is 1. The van der Waals surface area contributed by atoms with Crippen molar-refractivity contribution in [3.63, 3.8) is 0 Å². The van der Waals surface area contributed by atoms with Crippen molar-refractivity contribution in [3.8, 4) is 17.2 Å². The van der Waals surface area contributed by atoms with E-state index in [0.29, 0.717) is 74.7 Å². The molecule has 9 nitrogen and oxygen atoms in total. The van der Waals surface area contributed by atoms with Crippen LogP contribution in [0.15, 0.2) is 12.1 Å². The second-order valence-electron chi connectivity index (χ2n) is 9.86. The van der Waals surface area contributed by atoms with Gasteiger partial charge in [-0.2, -0.15) is 0 Å². The fraction of sp³-hybridized carbons (Fsp3) is 0.731. The number of nitrogens with zero attached hydrogens (tertiary/aromatic N) is 2. The van der Waals surface area contributed by atoms with Gasteiger partial charge in [-0.1, -0.05) is 27.7 Å². The Balaban J connectivity index is 2.09. The molecule has 1 aliphatic rings. The van der Waals surface area contributed by atoms with Crippen molar-refractivity contribution in [2.45, 2.75) is 39.9 Å². The summed E-state index contributed by atoms with van der Waals surface area (Å²) < 4.78 is 27.8. The van der Waals surface area contributed by atoms with Crippen LogP contribution < -0.4 is 14.2 Å². The SMILES string of the molecule is COc1cc(C(=O)N(CC(C)C)C[C@@H]2CN(C[C@H](O)COCC(C)C)CCO2)cc(OC)c1OC. The minimum Gasteiger partial charge on any atom is -0.493 e. The quantitative estimate of drug-likeness (QED) is 0.420. The Morgan fingerprint density at radius 1 is 1.09 bits per heavy atom. The van der Waals surface area contributed by atoms with Crippen molar-refractivity contribution in [2.24, 2.45) is 11.8 Å². The van der Waals surface area contributed by atoms with Crippen molar-refractivity contribution in [3.05, 3.63) is 17.7 Å². The Kier molecular flexibility index (Phi) is 12.1. The van der Waals surface area contributed by atoms with E-state index in [1.165, 1.54) is 21.3 Å². The third-order valence-corrected chi connectivity index (χ3v) is 5.66. The number of morpholine rings is 1. The molecular formula is C26H44N2O7. The van der Waals surface area contributed by atoms with Gasteiger partial charge >= 0.3 is 0 Å². The molecule has 1 aliphatic heterocycles. The zero-order valence-electron chi connectivity index (χ0n) is 22.4. The van der Waals surface area contributed by atoms with Gasteiger partial charge < -0.3 is 33.7 Å². The number of benzene rings is 1. The highest BCUT2D eigenvalue weighted by Crippen LogP contribution is 2.38. The molecule has 0 unspecified atom stereocenters. The Hall–Kier alpha value is -2.07. The van der Waals surface area contributed by atoms with Gasteiger partial charge in [0, 0.05) is 44.9 Å². The molecular weight excluding hydrogens is 452 g/mol. The van der Waals surface area contributed by atoms with E-state index in [-0.39, 0.29) is 17.9 Å². The molecule has 2 rings (SSSR count). The summed E-state index contributed by atoms with van der Waals surface area (Å²) in [6, 6.07) is 3.36. The maximum atomic E-state index is 13.6. The van der Waals surface area contributed by atoms with Crippen molar-refractivity contribution in [1.29, 1.82) is 0 Å². The molecule has 0 bridgehead atoms. The second-order valence-corrected chi connectivity index (χ2v) is 9.86. The normalized spacial score (nSPS) is 17.5. The highest BCUT2D eigenvalue weighted by Gasteiger charge is 2.28. The number of rotatable bonds is 14. The first kappa shape index (κ1) is 29.2. The summed E-state index contributed by atoms with van der Waals surface area (Å²) in [7, 11) is 4.60. The molecule has 200 valence electrons. The van der Waals surface area contributed by atoms with Gasteiger partial charge in [-0.15, -0.1) is 0 Å². The topological polar surface area (TPSA) is 89.9 Å². The van der Waals surface area contributed by atoms with Crippen LogP contribution in [0.1, 0.15) is 38.1 Å². The third kappa shape index (κ3) is 9.14. The number of amides is 1. The first-order valence-corrected chi connectivity index (χ1v) is 12.4. The molecule has 1 N–H and O–H groups in total. The Morgan fingerprint density at radius 3 is 2.29 bits per heavy atom. The molecule has 1 aromatic carbocycles. The van der Waals surface area contributed by atoms with Crippen LogP contribution in [0.3, 0.4) is 0 Å². The van der Waals surface area contributed by atoms with Crippen molar-refractivity contribution < 1.29 is 33.6 Å². The summed E-state index contributed by atoms with van der Waals surface area (Å²) >= 11 is 0. The second kappa shape index (κ2) is 14.5. The first-order chi connectivity index (χ1) is 16.7. The van der Waals surface area contributed by atoms with Crippen LogP contribution in [0.4, 0.5) is 0 Å². The van der Waals surface area contributed by atoms with Crippen molar-refractivity contribution in [2.75, 3.05) is 73.9 Å². The van der Waals surface area contributed by atoms with Crippen LogP contribution >= 0.6 is 0 Å². The van der Waals surface area contributed by atoms with E-state index in [4.69, 9.17) is 23.7 Å². The van der Waals surface area contributed by atoms with E-state index in [1.807, 2.05) is 4.90 Å². The number of aliphatic hydroxyl groups is 1. The summed E-state index contributed by atoms with van der Waals surface area (Å²) in [5.41, 5.74) is 0.463. The number of hydrogen-bond acceptors (Lipinski definition) is 8. The fourth-order valence-electron chi connectivity index (χ4n) is 4.16. The minimum absolute atomic E-state index is 0.124. The number of β-amino-alcohol motifs (C(OH)–C–C–N with tert-alkyl or cyclic N) is 1. The van der Waals surface area contributed by atoms with Crippen molar-refractivity contribution in [1.82, 2.24) is 9.80 Å². The van der Waals surface area contributed by atoms with Crippen LogP contribution in [-0.4, -0.2) is 107 Å². The molecule has 0 aromatic heterocycles. The number of carbonyl (C=O) groups excluding carboxylic acids is 1. The molecule has 35 heavy (non-hydrogen) atoms. The summed E-state index contributed by atoms with van der Waals surface area (Å²) in [5, 5.41) is 10.4. The lowest BCUT2D eigenvalue weighted by Gasteiger charge is -2.37. The van der Waals surface area contributed by atoms with E-state index in [1.54, 1.807) is 12.1 Å². The monoisotopic (exact) mass is 496 g/mol. The van der Waals surface area contributed by atoms with Gasteiger partial charge in [-0.05, 0) is 24.0 Å². The Bertz CT molecular complexity index is 762. The van der Waals surface area contributed by atoms with Gasteiger partial charge in [0.15, 0.2) is 11.5 Å². The van der Waals surface area contributed by atoms with Gasteiger partial charge in [0.25, 0.3) is 5.91 Å². The molecule has 0 spiro atoms. The van der Waals surface area contributed by atoms with Gasteiger partial charge in [0.2, 0.25) is 5.75 Å². The molecule has 0 radical (unpaired) electrons. The molecule has 0 aliphatic carbocycles. The molecule has 1 amide bonds. The predicted molar refractivity (Wildman–Crippen MR) is 135 cm³/mol. The van der Waals surface area contributed by atoms with Crippen LogP contribution in [0.2, 0.25) is 0 Å². The number of hydrogen-bond donors (Lipinski definition) is 1. The van der Waals surface area contributed by atoms with Crippen molar-refractivity contribution >= 4 is 5.91 Å². The molecule has 1 fully saturated rings. The van der Waals surface area contributed by atoms with Crippen LogP contribution in [0.25, 0.3) is 0 Å². The summed E-state index contributed by atoms with van der Waals surface area (Å²) in [4.78, 5) is 17.6. The third-order valence-electron chi connectivity index (χ3n) is 5.66. The number of ether oxygens (including phenoxy) is 5. The van der Waals surface area contributed by atoms with E-state index in [9.17, 15) is 9.90 Å². The molecule has 1 aromatic rings. The van der Waals surface area contributed by atoms with E-state index < -0.39 is 6.10 Å². The van der Waals surface area contributed by atoms with Crippen LogP contribution in [0, 0.1) is 11.8 Å². The molecule has 2 atom stereocenters. The summed E-state index contributed by atoms with van der Waals surface area (Å²) in [6.45, 7) is 12.8. The van der Waals surface area contributed by atoms with Gasteiger partial charge in [0.05, 0.1) is 46.8 Å². The summed E-state index contributed by atoms with van der Waals surface area (Å²) in [5.74, 6) is 1.91.